The highest BCUT2D eigenvalue weighted by Gasteiger charge is 2.27. The summed E-state index contributed by atoms with van der Waals surface area (Å²) >= 11 is 0. The van der Waals surface area contributed by atoms with E-state index in [2.05, 4.69) is 9.97 Å². The zero-order chi connectivity index (χ0) is 13.0. The molecule has 0 unspecified atom stereocenters. The van der Waals surface area contributed by atoms with Crippen LogP contribution in [0, 0.1) is 0 Å². The summed E-state index contributed by atoms with van der Waals surface area (Å²) in [6.07, 6.45) is 8.62. The zero-order valence-electron chi connectivity index (χ0n) is 10.7. The van der Waals surface area contributed by atoms with E-state index in [0.29, 0.717) is 24.3 Å². The van der Waals surface area contributed by atoms with Gasteiger partial charge in [0.05, 0.1) is 6.20 Å². The van der Waals surface area contributed by atoms with E-state index in [4.69, 9.17) is 5.73 Å². The molecule has 98 valence electrons. The maximum atomic E-state index is 12.3. The number of nitrogens with zero attached hydrogens (tertiary/aromatic N) is 3. The number of carbonyl (C=O) groups is 1. The molecular weight excluding hydrogens is 228 g/mol. The first kappa shape index (κ1) is 13.0. The van der Waals surface area contributed by atoms with E-state index >= 15 is 0 Å². The number of nitrogens with two attached hydrogens (primary N) is 1. The van der Waals surface area contributed by atoms with Gasteiger partial charge in [0, 0.05) is 31.0 Å². The monoisotopic (exact) mass is 248 g/mol. The Kier molecular flexibility index (Phi) is 4.25. The molecule has 1 aliphatic rings. The van der Waals surface area contributed by atoms with Crippen molar-refractivity contribution in [2.24, 2.45) is 5.73 Å². The lowest BCUT2D eigenvalue weighted by molar-refractivity contribution is 0.0634. The predicted octanol–water partition coefficient (Wildman–Crippen LogP) is 1.21. The van der Waals surface area contributed by atoms with Crippen molar-refractivity contribution in [2.75, 3.05) is 6.54 Å². The van der Waals surface area contributed by atoms with Crippen LogP contribution in [-0.2, 0) is 0 Å². The minimum absolute atomic E-state index is 0.0222. The maximum absolute atomic E-state index is 12.3. The van der Waals surface area contributed by atoms with Gasteiger partial charge in [0.15, 0.2) is 0 Å². The second-order valence-electron chi connectivity index (χ2n) is 4.75. The molecule has 0 spiro atoms. The van der Waals surface area contributed by atoms with Crippen LogP contribution in [0.5, 0.6) is 0 Å². The molecule has 1 aliphatic carbocycles. The Labute approximate surface area is 107 Å². The van der Waals surface area contributed by atoms with Crippen molar-refractivity contribution in [1.82, 2.24) is 14.9 Å². The topological polar surface area (TPSA) is 72.1 Å². The summed E-state index contributed by atoms with van der Waals surface area (Å²) in [7, 11) is 0. The molecule has 2 N–H and O–H groups in total. The van der Waals surface area contributed by atoms with Gasteiger partial charge in [-0.1, -0.05) is 0 Å². The second-order valence-corrected chi connectivity index (χ2v) is 4.75. The Balaban J connectivity index is 2.07. The third kappa shape index (κ3) is 2.85. The minimum Gasteiger partial charge on any atom is -0.335 e. The van der Waals surface area contributed by atoms with E-state index in [-0.39, 0.29) is 5.91 Å². The molecule has 1 fully saturated rings. The average Bonchev–Trinajstić information content (AvgIpc) is 2.42. The van der Waals surface area contributed by atoms with E-state index in [1.807, 2.05) is 11.8 Å². The number of hydrogen-bond acceptors (Lipinski definition) is 4. The Morgan fingerprint density at radius 1 is 1.39 bits per heavy atom. The third-order valence-electron chi connectivity index (χ3n) is 3.57. The van der Waals surface area contributed by atoms with Gasteiger partial charge in [-0.3, -0.25) is 9.78 Å². The van der Waals surface area contributed by atoms with Gasteiger partial charge in [0.2, 0.25) is 0 Å². The normalized spacial score (nSPS) is 23.7. The lowest BCUT2D eigenvalue weighted by Crippen LogP contribution is -2.44. The summed E-state index contributed by atoms with van der Waals surface area (Å²) in [5, 5.41) is 0. The van der Waals surface area contributed by atoms with Gasteiger partial charge in [-0.25, -0.2) is 4.98 Å². The number of hydrogen-bond donors (Lipinski definition) is 1. The van der Waals surface area contributed by atoms with Crippen LogP contribution in [0.25, 0.3) is 0 Å². The van der Waals surface area contributed by atoms with Gasteiger partial charge in [0.25, 0.3) is 5.91 Å². The summed E-state index contributed by atoms with van der Waals surface area (Å²) < 4.78 is 0. The largest absolute Gasteiger partial charge is 0.335 e. The fourth-order valence-corrected chi connectivity index (χ4v) is 2.54. The average molecular weight is 248 g/mol. The fourth-order valence-electron chi connectivity index (χ4n) is 2.54. The predicted molar refractivity (Wildman–Crippen MR) is 69.0 cm³/mol. The van der Waals surface area contributed by atoms with Crippen molar-refractivity contribution in [1.29, 1.82) is 0 Å². The third-order valence-corrected chi connectivity index (χ3v) is 3.57. The Morgan fingerprint density at radius 3 is 2.67 bits per heavy atom. The zero-order valence-corrected chi connectivity index (χ0v) is 10.7. The molecule has 0 saturated heterocycles. The highest BCUT2D eigenvalue weighted by molar-refractivity contribution is 5.92. The van der Waals surface area contributed by atoms with E-state index in [0.717, 1.165) is 25.7 Å². The molecule has 0 aromatic carbocycles. The molecular formula is C13H20N4O. The van der Waals surface area contributed by atoms with Crippen molar-refractivity contribution >= 4 is 5.91 Å². The smallest absolute Gasteiger partial charge is 0.274 e. The summed E-state index contributed by atoms with van der Waals surface area (Å²) in [4.78, 5) is 22.3. The molecule has 1 aromatic heterocycles. The maximum Gasteiger partial charge on any atom is 0.274 e. The van der Waals surface area contributed by atoms with Gasteiger partial charge in [-0.05, 0) is 32.6 Å². The molecule has 0 bridgehead atoms. The van der Waals surface area contributed by atoms with Gasteiger partial charge in [-0.15, -0.1) is 0 Å². The van der Waals surface area contributed by atoms with Crippen LogP contribution < -0.4 is 5.73 Å². The van der Waals surface area contributed by atoms with Crippen LogP contribution in [-0.4, -0.2) is 39.4 Å². The van der Waals surface area contributed by atoms with Crippen LogP contribution in [0.2, 0.25) is 0 Å². The Hall–Kier alpha value is -1.49. The molecule has 1 saturated carbocycles. The van der Waals surface area contributed by atoms with Gasteiger partial charge in [-0.2, -0.15) is 0 Å². The highest BCUT2D eigenvalue weighted by Crippen LogP contribution is 2.23. The van der Waals surface area contributed by atoms with Crippen molar-refractivity contribution in [3.05, 3.63) is 24.3 Å². The molecule has 1 amide bonds. The van der Waals surface area contributed by atoms with Gasteiger partial charge in [0.1, 0.15) is 5.69 Å². The molecule has 18 heavy (non-hydrogen) atoms. The first-order valence-electron chi connectivity index (χ1n) is 6.55. The van der Waals surface area contributed by atoms with Crippen molar-refractivity contribution in [3.8, 4) is 0 Å². The Bertz CT molecular complexity index is 387. The van der Waals surface area contributed by atoms with Crippen LogP contribution in [0.3, 0.4) is 0 Å². The summed E-state index contributed by atoms with van der Waals surface area (Å²) in [5.74, 6) is -0.0222. The Morgan fingerprint density at radius 2 is 2.11 bits per heavy atom. The number of amides is 1. The molecule has 5 heteroatoms. The van der Waals surface area contributed by atoms with E-state index in [9.17, 15) is 4.79 Å². The molecule has 1 aromatic rings. The minimum atomic E-state index is -0.0222. The first-order chi connectivity index (χ1) is 8.72. The number of carbonyl (C=O) groups excluding carboxylic acids is 1. The second kappa shape index (κ2) is 5.91. The van der Waals surface area contributed by atoms with Gasteiger partial charge < -0.3 is 10.6 Å². The molecule has 5 nitrogen and oxygen atoms in total. The molecule has 0 atom stereocenters. The lowest BCUT2D eigenvalue weighted by Gasteiger charge is -2.35. The fraction of sp³-hybridized carbons (Fsp3) is 0.615. The quantitative estimate of drug-likeness (QED) is 0.872. The van der Waals surface area contributed by atoms with Crippen molar-refractivity contribution < 1.29 is 4.79 Å². The number of rotatable bonds is 3. The first-order valence-corrected chi connectivity index (χ1v) is 6.55. The molecule has 1 heterocycles. The molecule has 0 radical (unpaired) electrons. The summed E-state index contributed by atoms with van der Waals surface area (Å²) in [6.45, 7) is 2.71. The van der Waals surface area contributed by atoms with Crippen molar-refractivity contribution in [3.63, 3.8) is 0 Å². The van der Waals surface area contributed by atoms with Crippen LogP contribution in [0.1, 0.15) is 43.1 Å². The van der Waals surface area contributed by atoms with Gasteiger partial charge >= 0.3 is 0 Å². The lowest BCUT2D eigenvalue weighted by atomic mass is 9.90. The molecule has 2 rings (SSSR count). The van der Waals surface area contributed by atoms with Crippen LogP contribution in [0.15, 0.2) is 18.6 Å². The van der Waals surface area contributed by atoms with E-state index in [1.165, 1.54) is 6.20 Å². The highest BCUT2D eigenvalue weighted by atomic mass is 16.2. The summed E-state index contributed by atoms with van der Waals surface area (Å²) in [6, 6.07) is 0.593. The van der Waals surface area contributed by atoms with Crippen molar-refractivity contribution in [2.45, 2.75) is 44.7 Å². The van der Waals surface area contributed by atoms with Crippen LogP contribution >= 0.6 is 0 Å². The van der Waals surface area contributed by atoms with E-state index < -0.39 is 0 Å². The van der Waals surface area contributed by atoms with E-state index in [1.54, 1.807) is 12.4 Å². The molecule has 0 aliphatic heterocycles. The SMILES string of the molecule is CCN(C(=O)c1cnccn1)C1CCC(N)CC1. The number of aromatic nitrogens is 2. The van der Waals surface area contributed by atoms with Crippen LogP contribution in [0.4, 0.5) is 0 Å². The standard InChI is InChI=1S/C13H20N4O/c1-2-17(11-5-3-10(14)4-6-11)13(18)12-9-15-7-8-16-12/h7-11H,2-6,14H2,1H3. The summed E-state index contributed by atoms with van der Waals surface area (Å²) in [5.41, 5.74) is 6.33.